The lowest BCUT2D eigenvalue weighted by molar-refractivity contribution is -0.144. The average Bonchev–Trinajstić information content (AvgIpc) is 2.49. The minimum Gasteiger partial charge on any atom is -0.465 e. The van der Waals surface area contributed by atoms with Gasteiger partial charge in [-0.25, -0.2) is 9.07 Å². The van der Waals surface area contributed by atoms with E-state index in [9.17, 15) is 27.2 Å². The van der Waals surface area contributed by atoms with Crippen molar-refractivity contribution in [2.45, 2.75) is 39.4 Å². The fourth-order valence-corrected chi connectivity index (χ4v) is 2.43. The third-order valence-corrected chi connectivity index (χ3v) is 3.53. The van der Waals surface area contributed by atoms with Gasteiger partial charge in [0, 0.05) is 5.39 Å². The van der Waals surface area contributed by atoms with Gasteiger partial charge in [0.25, 0.3) is 5.56 Å². The molecule has 0 radical (unpaired) electrons. The Labute approximate surface area is 140 Å². The van der Waals surface area contributed by atoms with Crippen LogP contribution in [0.25, 0.3) is 10.8 Å². The summed E-state index contributed by atoms with van der Waals surface area (Å²) in [6, 6.07) is 1.41. The fourth-order valence-electron chi connectivity index (χ4n) is 2.43. The lowest BCUT2D eigenvalue weighted by Crippen LogP contribution is -2.29. The van der Waals surface area contributed by atoms with Crippen LogP contribution in [0.15, 0.2) is 16.9 Å². The molecule has 5 nitrogen and oxygen atoms in total. The first-order valence-electron chi connectivity index (χ1n) is 7.54. The molecule has 0 unspecified atom stereocenters. The zero-order valence-electron chi connectivity index (χ0n) is 13.8. The normalized spacial score (nSPS) is 12.0. The van der Waals surface area contributed by atoms with Crippen LogP contribution in [-0.4, -0.2) is 22.4 Å². The molecule has 1 aromatic heterocycles. The second-order valence-electron chi connectivity index (χ2n) is 5.66. The molecule has 25 heavy (non-hydrogen) atoms. The lowest BCUT2D eigenvalue weighted by Gasteiger charge is -2.16. The predicted molar refractivity (Wildman–Crippen MR) is 81.7 cm³/mol. The van der Waals surface area contributed by atoms with Crippen molar-refractivity contribution < 1.29 is 27.1 Å². The topological polar surface area (TPSA) is 61.2 Å². The van der Waals surface area contributed by atoms with Gasteiger partial charge in [0.1, 0.15) is 12.4 Å². The summed E-state index contributed by atoms with van der Waals surface area (Å²) in [6.45, 7) is 4.37. The van der Waals surface area contributed by atoms with Crippen molar-refractivity contribution in [1.82, 2.24) is 9.78 Å². The predicted octanol–water partition coefficient (Wildman–Crippen LogP) is 3.24. The van der Waals surface area contributed by atoms with Crippen LogP contribution in [0.2, 0.25) is 0 Å². The molecule has 9 heteroatoms. The zero-order valence-corrected chi connectivity index (χ0v) is 13.8. The summed E-state index contributed by atoms with van der Waals surface area (Å²) in [6.07, 6.45) is -4.90. The van der Waals surface area contributed by atoms with Crippen LogP contribution in [0.5, 0.6) is 0 Å². The number of alkyl halides is 3. The van der Waals surface area contributed by atoms with Crippen molar-refractivity contribution >= 4 is 16.7 Å². The number of rotatable bonds is 4. The SMILES string of the molecule is CCOC(=O)Cn1nc(C(C)C)c2c(F)c(C(F)(F)F)ccc2c1=O. The van der Waals surface area contributed by atoms with Crippen molar-refractivity contribution in [2.75, 3.05) is 6.61 Å². The number of carbonyl (C=O) groups is 1. The summed E-state index contributed by atoms with van der Waals surface area (Å²) in [7, 11) is 0. The van der Waals surface area contributed by atoms with E-state index >= 15 is 0 Å². The minimum atomic E-state index is -4.90. The summed E-state index contributed by atoms with van der Waals surface area (Å²) >= 11 is 0. The van der Waals surface area contributed by atoms with Crippen LogP contribution in [0.3, 0.4) is 0 Å². The van der Waals surface area contributed by atoms with Gasteiger partial charge in [-0.2, -0.15) is 18.3 Å². The molecule has 0 bridgehead atoms. The second kappa shape index (κ2) is 6.81. The molecular formula is C16H16F4N2O3. The van der Waals surface area contributed by atoms with Gasteiger partial charge in [0.05, 0.1) is 23.3 Å². The van der Waals surface area contributed by atoms with Gasteiger partial charge in [-0.05, 0) is 25.0 Å². The number of fused-ring (bicyclic) bond motifs is 1. The first kappa shape index (κ1) is 18.9. The Morgan fingerprint density at radius 1 is 1.32 bits per heavy atom. The van der Waals surface area contributed by atoms with Gasteiger partial charge in [-0.15, -0.1) is 0 Å². The largest absolute Gasteiger partial charge is 0.465 e. The number of nitrogens with zero attached hydrogens (tertiary/aromatic N) is 2. The number of esters is 1. The van der Waals surface area contributed by atoms with Gasteiger partial charge in [-0.1, -0.05) is 13.8 Å². The molecule has 0 aliphatic rings. The average molecular weight is 360 g/mol. The molecular weight excluding hydrogens is 344 g/mol. The van der Waals surface area contributed by atoms with Gasteiger partial charge in [0.2, 0.25) is 0 Å². The van der Waals surface area contributed by atoms with Crippen LogP contribution in [0, 0.1) is 5.82 Å². The van der Waals surface area contributed by atoms with E-state index < -0.39 is 46.9 Å². The van der Waals surface area contributed by atoms with Crippen LogP contribution in [-0.2, 0) is 22.3 Å². The molecule has 0 aliphatic carbocycles. The number of hydrogen-bond acceptors (Lipinski definition) is 4. The molecule has 0 N–H and O–H groups in total. The Morgan fingerprint density at radius 2 is 1.96 bits per heavy atom. The van der Waals surface area contributed by atoms with Gasteiger partial charge < -0.3 is 4.74 Å². The number of ether oxygens (including phenoxy) is 1. The van der Waals surface area contributed by atoms with Gasteiger partial charge >= 0.3 is 12.1 Å². The number of carbonyl (C=O) groups excluding carboxylic acids is 1. The van der Waals surface area contributed by atoms with E-state index in [0.29, 0.717) is 6.07 Å². The molecule has 2 rings (SSSR count). The number of benzene rings is 1. The van der Waals surface area contributed by atoms with Crippen molar-refractivity contribution in [3.63, 3.8) is 0 Å². The zero-order chi connectivity index (χ0) is 18.9. The van der Waals surface area contributed by atoms with Gasteiger partial charge in [0.15, 0.2) is 0 Å². The molecule has 0 saturated heterocycles. The number of halogens is 4. The van der Waals surface area contributed by atoms with Crippen molar-refractivity contribution in [2.24, 2.45) is 0 Å². The second-order valence-corrected chi connectivity index (χ2v) is 5.66. The van der Waals surface area contributed by atoms with Crippen LogP contribution >= 0.6 is 0 Å². The number of hydrogen-bond donors (Lipinski definition) is 0. The first-order valence-corrected chi connectivity index (χ1v) is 7.54. The maximum atomic E-state index is 14.5. The van der Waals surface area contributed by atoms with E-state index in [0.717, 1.165) is 10.7 Å². The first-order chi connectivity index (χ1) is 11.6. The van der Waals surface area contributed by atoms with E-state index in [1.807, 2.05) is 0 Å². The third kappa shape index (κ3) is 3.64. The molecule has 1 heterocycles. The van der Waals surface area contributed by atoms with E-state index in [1.54, 1.807) is 20.8 Å². The van der Waals surface area contributed by atoms with Crippen LogP contribution in [0.1, 0.15) is 37.9 Å². The maximum absolute atomic E-state index is 14.5. The van der Waals surface area contributed by atoms with Crippen molar-refractivity contribution in [1.29, 1.82) is 0 Å². The summed E-state index contributed by atoms with van der Waals surface area (Å²) in [5.74, 6) is -2.74. The molecule has 0 fully saturated rings. The Balaban J connectivity index is 2.78. The van der Waals surface area contributed by atoms with E-state index in [2.05, 4.69) is 5.10 Å². The minimum absolute atomic E-state index is 0.0394. The monoisotopic (exact) mass is 360 g/mol. The Bertz CT molecular complexity index is 872. The Hall–Kier alpha value is -2.45. The summed E-state index contributed by atoms with van der Waals surface area (Å²) in [5.41, 5.74) is -2.37. The molecule has 0 amide bonds. The molecule has 0 spiro atoms. The highest BCUT2D eigenvalue weighted by Crippen LogP contribution is 2.35. The quantitative estimate of drug-likeness (QED) is 0.620. The number of aromatic nitrogens is 2. The molecule has 1 aromatic carbocycles. The highest BCUT2D eigenvalue weighted by Gasteiger charge is 2.36. The van der Waals surface area contributed by atoms with E-state index in [1.165, 1.54) is 0 Å². The highest BCUT2D eigenvalue weighted by molar-refractivity contribution is 5.86. The van der Waals surface area contributed by atoms with Crippen LogP contribution in [0.4, 0.5) is 17.6 Å². The molecule has 2 aromatic rings. The summed E-state index contributed by atoms with van der Waals surface area (Å²) in [5, 5.41) is 3.16. The lowest BCUT2D eigenvalue weighted by atomic mass is 10.00. The Morgan fingerprint density at radius 3 is 2.48 bits per heavy atom. The van der Waals surface area contributed by atoms with Crippen molar-refractivity contribution in [3.8, 4) is 0 Å². The Kier molecular flexibility index (Phi) is 5.15. The van der Waals surface area contributed by atoms with Crippen LogP contribution < -0.4 is 5.56 Å². The molecule has 0 atom stereocenters. The van der Waals surface area contributed by atoms with E-state index in [4.69, 9.17) is 4.74 Å². The molecule has 0 aliphatic heterocycles. The maximum Gasteiger partial charge on any atom is 0.419 e. The van der Waals surface area contributed by atoms with Gasteiger partial charge in [-0.3, -0.25) is 9.59 Å². The highest BCUT2D eigenvalue weighted by atomic mass is 19.4. The smallest absolute Gasteiger partial charge is 0.419 e. The summed E-state index contributed by atoms with van der Waals surface area (Å²) in [4.78, 5) is 24.0. The molecule has 136 valence electrons. The fraction of sp³-hybridized carbons (Fsp3) is 0.438. The standard InChI is InChI=1S/C16H16F4N2O3/c1-4-25-11(23)7-22-15(24)9-5-6-10(16(18,19)20)13(17)12(9)14(21-22)8(2)3/h5-6,8H,4,7H2,1-3H3. The third-order valence-electron chi connectivity index (χ3n) is 3.53. The molecule has 0 saturated carbocycles. The van der Waals surface area contributed by atoms with Crippen molar-refractivity contribution in [3.05, 3.63) is 39.6 Å². The van der Waals surface area contributed by atoms with E-state index in [-0.39, 0.29) is 17.7 Å². The summed E-state index contributed by atoms with van der Waals surface area (Å²) < 4.78 is 58.8.